The van der Waals surface area contributed by atoms with E-state index in [2.05, 4.69) is 56.0 Å². The van der Waals surface area contributed by atoms with Crippen LogP contribution in [0.15, 0.2) is 67.3 Å². The van der Waals surface area contributed by atoms with Gasteiger partial charge in [-0.1, -0.05) is 26.8 Å². The van der Waals surface area contributed by atoms with Crippen LogP contribution >= 0.6 is 0 Å². The summed E-state index contributed by atoms with van der Waals surface area (Å²) in [6.07, 6.45) is 7.61. The Balaban J connectivity index is 1.34. The summed E-state index contributed by atoms with van der Waals surface area (Å²) < 4.78 is 40.1. The number of fused-ring (bicyclic) bond motifs is 2. The molecule has 13 heteroatoms. The molecular formula is C32H33FN8O3S. The van der Waals surface area contributed by atoms with Crippen LogP contribution in [0.5, 0.6) is 0 Å². The predicted octanol–water partition coefficient (Wildman–Crippen LogP) is 5.59. The first-order valence-corrected chi connectivity index (χ1v) is 16.2. The van der Waals surface area contributed by atoms with E-state index >= 15 is 0 Å². The van der Waals surface area contributed by atoms with Crippen LogP contribution < -0.4 is 10.0 Å². The van der Waals surface area contributed by atoms with Crippen LogP contribution in [0, 0.1) is 11.2 Å². The number of pyridine rings is 2. The van der Waals surface area contributed by atoms with Crippen LogP contribution in [0.2, 0.25) is 0 Å². The molecule has 45 heavy (non-hydrogen) atoms. The second kappa shape index (κ2) is 11.7. The zero-order valence-electron chi connectivity index (χ0n) is 25.2. The van der Waals surface area contributed by atoms with E-state index in [4.69, 9.17) is 4.98 Å². The van der Waals surface area contributed by atoms with Gasteiger partial charge in [0.1, 0.15) is 17.7 Å². The zero-order valence-corrected chi connectivity index (χ0v) is 26.0. The number of imidazole rings is 1. The second-order valence-electron chi connectivity index (χ2n) is 12.3. The van der Waals surface area contributed by atoms with Gasteiger partial charge < -0.3 is 15.4 Å². The first kappa shape index (κ1) is 30.3. The van der Waals surface area contributed by atoms with Crippen LogP contribution in [0.1, 0.15) is 32.8 Å². The molecule has 0 spiro atoms. The highest BCUT2D eigenvalue weighted by molar-refractivity contribution is 7.88. The zero-order chi connectivity index (χ0) is 31.9. The monoisotopic (exact) mass is 628 g/mol. The SMILES string of the molecule is CC(C)(C)CC(O)Nc1cncc(-c2ccc3[nH]nc(-c4nc5c(-c6cc(F)cc(CNS(C)(=O)=O)c6)cncc5[nH]4)c3c2)c1. The van der Waals surface area contributed by atoms with E-state index < -0.39 is 22.1 Å². The van der Waals surface area contributed by atoms with Gasteiger partial charge in [0.2, 0.25) is 10.0 Å². The normalized spacial score (nSPS) is 13.0. The van der Waals surface area contributed by atoms with Gasteiger partial charge in [-0.15, -0.1) is 0 Å². The Labute approximate surface area is 259 Å². The smallest absolute Gasteiger partial charge is 0.209 e. The molecule has 5 N–H and O–H groups in total. The van der Waals surface area contributed by atoms with Gasteiger partial charge in [0.15, 0.2) is 5.82 Å². The number of aliphatic hydroxyl groups is 1. The number of halogens is 1. The van der Waals surface area contributed by atoms with Crippen LogP contribution in [0.4, 0.5) is 10.1 Å². The fourth-order valence-corrected chi connectivity index (χ4v) is 5.68. The highest BCUT2D eigenvalue weighted by atomic mass is 32.2. The maximum atomic E-state index is 14.6. The summed E-state index contributed by atoms with van der Waals surface area (Å²) in [5.74, 6) is -0.00859. The number of rotatable bonds is 9. The number of H-pyrrole nitrogens is 2. The molecule has 1 unspecified atom stereocenters. The maximum absolute atomic E-state index is 14.6. The third-order valence-electron chi connectivity index (χ3n) is 7.20. The summed E-state index contributed by atoms with van der Waals surface area (Å²) >= 11 is 0. The molecule has 0 saturated carbocycles. The van der Waals surface area contributed by atoms with E-state index in [0.717, 1.165) is 28.3 Å². The number of hydrogen-bond acceptors (Lipinski definition) is 8. The van der Waals surface area contributed by atoms with Crippen molar-refractivity contribution >= 4 is 37.6 Å². The van der Waals surface area contributed by atoms with E-state index in [0.29, 0.717) is 51.4 Å². The van der Waals surface area contributed by atoms with E-state index in [9.17, 15) is 17.9 Å². The molecule has 0 bridgehead atoms. The molecule has 0 fully saturated rings. The third kappa shape index (κ3) is 7.00. The van der Waals surface area contributed by atoms with Crippen molar-refractivity contribution in [3.63, 3.8) is 0 Å². The Morgan fingerprint density at radius 2 is 1.76 bits per heavy atom. The van der Waals surface area contributed by atoms with Gasteiger partial charge in [-0.2, -0.15) is 5.10 Å². The van der Waals surface area contributed by atoms with Crippen LogP contribution in [0.25, 0.3) is 55.7 Å². The molecule has 6 aromatic rings. The van der Waals surface area contributed by atoms with Crippen LogP contribution in [-0.2, 0) is 16.6 Å². The van der Waals surface area contributed by atoms with Crippen molar-refractivity contribution < 1.29 is 17.9 Å². The minimum Gasteiger partial charge on any atom is -0.374 e. The van der Waals surface area contributed by atoms with Crippen molar-refractivity contribution in [3.05, 3.63) is 78.6 Å². The summed E-state index contributed by atoms with van der Waals surface area (Å²) in [6.45, 7) is 6.17. The molecule has 6 rings (SSSR count). The first-order chi connectivity index (χ1) is 21.3. The van der Waals surface area contributed by atoms with E-state index in [-0.39, 0.29) is 12.0 Å². The average molecular weight is 629 g/mol. The van der Waals surface area contributed by atoms with Gasteiger partial charge in [0.25, 0.3) is 0 Å². The fraction of sp³-hybridized carbons (Fsp3) is 0.250. The summed E-state index contributed by atoms with van der Waals surface area (Å²) in [6, 6.07) is 12.2. The number of anilines is 1. The number of benzene rings is 2. The molecule has 0 aliphatic heterocycles. The van der Waals surface area contributed by atoms with Crippen LogP contribution in [-0.4, -0.2) is 56.1 Å². The highest BCUT2D eigenvalue weighted by Gasteiger charge is 2.19. The first-order valence-electron chi connectivity index (χ1n) is 14.3. The molecule has 0 radical (unpaired) electrons. The number of nitrogens with one attached hydrogen (secondary N) is 4. The summed E-state index contributed by atoms with van der Waals surface area (Å²) in [5, 5.41) is 22.1. The summed E-state index contributed by atoms with van der Waals surface area (Å²) in [5.41, 5.74) is 6.60. The standard InChI is InChI=1S/C32H33FN8O3S/c1-32(2,3)12-28(42)37-23-10-21(14-34-15-23)19-5-6-26-24(11-19)30(41-40-26)31-38-27-17-35-16-25(29(27)39-31)20-7-18(8-22(33)9-20)13-36-45(4,43)44/h5-11,14-17,28,36-37,42H,12-13H2,1-4H3,(H,38,39)(H,40,41). The van der Waals surface area contributed by atoms with Crippen molar-refractivity contribution in [2.45, 2.75) is 40.0 Å². The highest BCUT2D eigenvalue weighted by Crippen LogP contribution is 2.34. The van der Waals surface area contributed by atoms with Gasteiger partial charge in [-0.05, 0) is 64.9 Å². The van der Waals surface area contributed by atoms with E-state index in [1.807, 2.05) is 24.3 Å². The van der Waals surface area contributed by atoms with Gasteiger partial charge in [0, 0.05) is 35.5 Å². The molecular weight excluding hydrogens is 595 g/mol. The molecule has 0 aliphatic carbocycles. The molecule has 4 heterocycles. The summed E-state index contributed by atoms with van der Waals surface area (Å²) in [4.78, 5) is 16.8. The predicted molar refractivity (Wildman–Crippen MR) is 173 cm³/mol. The Kier molecular flexibility index (Phi) is 7.85. The van der Waals surface area contributed by atoms with Gasteiger partial charge in [-0.3, -0.25) is 15.1 Å². The summed E-state index contributed by atoms with van der Waals surface area (Å²) in [7, 11) is -3.45. The number of aliphatic hydroxyl groups excluding tert-OH is 1. The van der Waals surface area contributed by atoms with E-state index in [1.165, 1.54) is 12.1 Å². The van der Waals surface area contributed by atoms with Crippen LogP contribution in [0.3, 0.4) is 0 Å². The van der Waals surface area contributed by atoms with Crippen molar-refractivity contribution in [3.8, 4) is 33.8 Å². The van der Waals surface area contributed by atoms with Crippen molar-refractivity contribution in [2.24, 2.45) is 5.41 Å². The second-order valence-corrected chi connectivity index (χ2v) is 14.2. The Morgan fingerprint density at radius 1 is 0.956 bits per heavy atom. The van der Waals surface area contributed by atoms with Gasteiger partial charge in [-0.25, -0.2) is 22.5 Å². The molecule has 1 atom stereocenters. The molecule has 0 amide bonds. The quantitative estimate of drug-likeness (QED) is 0.130. The third-order valence-corrected chi connectivity index (χ3v) is 7.87. The molecule has 0 aliphatic rings. The van der Waals surface area contributed by atoms with Crippen molar-refractivity contribution in [1.82, 2.24) is 34.9 Å². The molecule has 0 saturated heterocycles. The lowest BCUT2D eigenvalue weighted by molar-refractivity contribution is 0.145. The molecule has 4 aromatic heterocycles. The maximum Gasteiger partial charge on any atom is 0.209 e. The Morgan fingerprint density at radius 3 is 2.53 bits per heavy atom. The fourth-order valence-electron chi connectivity index (χ4n) is 5.25. The molecule has 2 aromatic carbocycles. The lowest BCUT2D eigenvalue weighted by Crippen LogP contribution is -2.25. The minimum atomic E-state index is -3.45. The average Bonchev–Trinajstić information content (AvgIpc) is 3.58. The number of hydrogen-bond donors (Lipinski definition) is 5. The van der Waals surface area contributed by atoms with E-state index in [1.54, 1.807) is 30.9 Å². The number of aromatic amines is 2. The number of nitrogens with zero attached hydrogens (tertiary/aromatic N) is 4. The minimum absolute atomic E-state index is 0.0363. The molecule has 11 nitrogen and oxygen atoms in total. The molecule has 232 valence electrons. The van der Waals surface area contributed by atoms with Crippen molar-refractivity contribution in [1.29, 1.82) is 0 Å². The lowest BCUT2D eigenvalue weighted by atomic mass is 9.91. The van der Waals surface area contributed by atoms with Gasteiger partial charge in [0.05, 0.1) is 40.9 Å². The topological polar surface area (TPSA) is 162 Å². The lowest BCUT2D eigenvalue weighted by Gasteiger charge is -2.23. The Bertz CT molecular complexity index is 2140. The van der Waals surface area contributed by atoms with Gasteiger partial charge >= 0.3 is 0 Å². The number of sulfonamides is 1. The largest absolute Gasteiger partial charge is 0.374 e. The van der Waals surface area contributed by atoms with Crippen molar-refractivity contribution in [2.75, 3.05) is 11.6 Å². The number of aromatic nitrogens is 6. The Hall–Kier alpha value is -4.72.